The Bertz CT molecular complexity index is 553. The molecule has 0 aliphatic heterocycles. The van der Waals surface area contributed by atoms with Gasteiger partial charge in [-0.1, -0.05) is 12.0 Å². The number of hydrogen-bond acceptors (Lipinski definition) is 4. The Balaban J connectivity index is 2.70. The van der Waals surface area contributed by atoms with Crippen LogP contribution in [-0.4, -0.2) is 26.5 Å². The van der Waals surface area contributed by atoms with E-state index in [4.69, 9.17) is 12.2 Å². The minimum absolute atomic E-state index is 0.213. The highest BCUT2D eigenvalue weighted by molar-refractivity contribution is 7.99. The van der Waals surface area contributed by atoms with E-state index in [2.05, 4.69) is 10.6 Å². The number of para-hydroxylation sites is 1. The highest BCUT2D eigenvalue weighted by Crippen LogP contribution is 2.20. The monoisotopic (exact) mass is 288 g/mol. The Morgan fingerprint density at radius 2 is 2.22 bits per heavy atom. The van der Waals surface area contributed by atoms with Crippen LogP contribution in [-0.2, 0) is 10.0 Å². The van der Waals surface area contributed by atoms with E-state index in [-0.39, 0.29) is 17.1 Å². The average molecular weight is 288 g/mol. The van der Waals surface area contributed by atoms with Crippen LogP contribution in [0.25, 0.3) is 0 Å². The van der Waals surface area contributed by atoms with Crippen LogP contribution in [0.1, 0.15) is 0 Å². The minimum atomic E-state index is -3.78. The first-order valence-corrected chi connectivity index (χ1v) is 7.67. The first-order chi connectivity index (χ1) is 8.49. The summed E-state index contributed by atoms with van der Waals surface area (Å²) in [6, 6.07) is 3.67. The summed E-state index contributed by atoms with van der Waals surface area (Å²) in [7, 11) is -3.78. The van der Waals surface area contributed by atoms with E-state index in [0.29, 0.717) is 11.5 Å². The predicted molar refractivity (Wildman–Crippen MR) is 72.2 cm³/mol. The summed E-state index contributed by atoms with van der Waals surface area (Å²) >= 11 is 1.43. The zero-order chi connectivity index (χ0) is 13.6. The molecule has 0 amide bonds. The maximum absolute atomic E-state index is 13.2. The lowest BCUT2D eigenvalue weighted by Crippen LogP contribution is -2.27. The number of nitrogen functional groups attached to an aromatic ring is 1. The molecule has 18 heavy (non-hydrogen) atoms. The molecule has 0 aromatic heterocycles. The summed E-state index contributed by atoms with van der Waals surface area (Å²) in [6.45, 7) is 0.213. The lowest BCUT2D eigenvalue weighted by molar-refractivity contribution is 0.581. The van der Waals surface area contributed by atoms with E-state index in [1.807, 2.05) is 0 Å². The molecule has 1 aromatic rings. The summed E-state index contributed by atoms with van der Waals surface area (Å²) in [5, 5.41) is 0. The Morgan fingerprint density at radius 3 is 2.89 bits per heavy atom. The molecule has 1 aromatic carbocycles. The molecule has 0 heterocycles. The van der Waals surface area contributed by atoms with Gasteiger partial charge in [-0.05, 0) is 12.1 Å². The predicted octanol–water partition coefficient (Wildman–Crippen LogP) is 1.05. The van der Waals surface area contributed by atoms with Gasteiger partial charge in [0.05, 0.1) is 11.4 Å². The molecule has 0 radical (unpaired) electrons. The van der Waals surface area contributed by atoms with Gasteiger partial charge in [-0.2, -0.15) is 0 Å². The van der Waals surface area contributed by atoms with E-state index in [1.165, 1.54) is 23.9 Å². The van der Waals surface area contributed by atoms with Gasteiger partial charge in [-0.15, -0.1) is 18.2 Å². The number of terminal acetylenes is 1. The second kappa shape index (κ2) is 6.64. The number of sulfonamides is 1. The number of halogens is 1. The highest BCUT2D eigenvalue weighted by atomic mass is 32.2. The van der Waals surface area contributed by atoms with Crippen molar-refractivity contribution in [1.29, 1.82) is 0 Å². The molecule has 1 rings (SSSR count). The van der Waals surface area contributed by atoms with Gasteiger partial charge < -0.3 is 5.73 Å². The van der Waals surface area contributed by atoms with Gasteiger partial charge in [0.1, 0.15) is 10.7 Å². The van der Waals surface area contributed by atoms with Gasteiger partial charge in [-0.25, -0.2) is 17.5 Å². The lowest BCUT2D eigenvalue weighted by atomic mass is 10.3. The third kappa shape index (κ3) is 3.91. The standard InChI is InChI=1S/C11H13FN2O2S2/c1-2-7-17-8-6-14-18(15,16)10-5-3-4-9(12)11(10)13/h1,3-5,14H,6-8,13H2. The summed E-state index contributed by atoms with van der Waals surface area (Å²) in [5.74, 6) is 2.74. The van der Waals surface area contributed by atoms with Crippen molar-refractivity contribution in [3.05, 3.63) is 24.0 Å². The fourth-order valence-corrected chi connectivity index (χ4v) is 3.02. The van der Waals surface area contributed by atoms with E-state index < -0.39 is 15.8 Å². The van der Waals surface area contributed by atoms with Crippen molar-refractivity contribution in [3.8, 4) is 12.3 Å². The number of rotatable bonds is 6. The number of nitrogens with one attached hydrogen (secondary N) is 1. The molecular weight excluding hydrogens is 275 g/mol. The van der Waals surface area contributed by atoms with Gasteiger partial charge in [0.2, 0.25) is 10.0 Å². The Kier molecular flexibility index (Phi) is 5.47. The third-order valence-electron chi connectivity index (χ3n) is 2.03. The maximum atomic E-state index is 13.2. The number of hydrogen-bond donors (Lipinski definition) is 2. The molecule has 0 aliphatic rings. The number of anilines is 1. The van der Waals surface area contributed by atoms with E-state index in [1.54, 1.807) is 0 Å². The van der Waals surface area contributed by atoms with Crippen LogP contribution >= 0.6 is 11.8 Å². The van der Waals surface area contributed by atoms with Crippen LogP contribution in [0.5, 0.6) is 0 Å². The van der Waals surface area contributed by atoms with Gasteiger partial charge in [0.15, 0.2) is 0 Å². The van der Waals surface area contributed by atoms with Gasteiger partial charge in [0.25, 0.3) is 0 Å². The minimum Gasteiger partial charge on any atom is -0.395 e. The van der Waals surface area contributed by atoms with Crippen molar-refractivity contribution in [2.24, 2.45) is 0 Å². The smallest absolute Gasteiger partial charge is 0.242 e. The van der Waals surface area contributed by atoms with Crippen LogP contribution in [0.15, 0.2) is 23.1 Å². The molecule has 0 bridgehead atoms. The quantitative estimate of drug-likeness (QED) is 0.466. The topological polar surface area (TPSA) is 72.2 Å². The van der Waals surface area contributed by atoms with Crippen LogP contribution in [0.3, 0.4) is 0 Å². The van der Waals surface area contributed by atoms with E-state index >= 15 is 0 Å². The van der Waals surface area contributed by atoms with Crippen molar-refractivity contribution in [3.63, 3.8) is 0 Å². The molecule has 0 spiro atoms. The molecule has 4 nitrogen and oxygen atoms in total. The molecule has 7 heteroatoms. The fraction of sp³-hybridized carbons (Fsp3) is 0.273. The summed E-state index contributed by atoms with van der Waals surface area (Å²) < 4.78 is 39.2. The molecule has 0 aliphatic carbocycles. The molecule has 98 valence electrons. The van der Waals surface area contributed by atoms with Gasteiger partial charge in [0, 0.05) is 12.3 Å². The van der Waals surface area contributed by atoms with Crippen molar-refractivity contribution >= 4 is 27.5 Å². The lowest BCUT2D eigenvalue weighted by Gasteiger charge is -2.08. The molecule has 3 N–H and O–H groups in total. The summed E-state index contributed by atoms with van der Waals surface area (Å²) in [6.07, 6.45) is 5.06. The Hall–Kier alpha value is -1.23. The molecule has 0 fully saturated rings. The van der Waals surface area contributed by atoms with E-state index in [9.17, 15) is 12.8 Å². The average Bonchev–Trinajstić information content (AvgIpc) is 2.32. The normalized spacial score (nSPS) is 11.1. The molecule has 0 unspecified atom stereocenters. The Labute approximate surface area is 110 Å². The van der Waals surface area contributed by atoms with Gasteiger partial charge >= 0.3 is 0 Å². The summed E-state index contributed by atoms with van der Waals surface area (Å²) in [5.41, 5.74) is 5.02. The van der Waals surface area contributed by atoms with Crippen LogP contribution < -0.4 is 10.5 Å². The molecule has 0 saturated heterocycles. The van der Waals surface area contributed by atoms with Crippen molar-refractivity contribution in [1.82, 2.24) is 4.72 Å². The number of nitrogens with two attached hydrogens (primary N) is 1. The van der Waals surface area contributed by atoms with Crippen molar-refractivity contribution < 1.29 is 12.8 Å². The number of thioether (sulfide) groups is 1. The second-order valence-electron chi connectivity index (χ2n) is 3.31. The second-order valence-corrected chi connectivity index (χ2v) is 6.15. The van der Waals surface area contributed by atoms with Crippen molar-refractivity contribution in [2.45, 2.75) is 4.90 Å². The molecule has 0 saturated carbocycles. The third-order valence-corrected chi connectivity index (χ3v) is 4.41. The highest BCUT2D eigenvalue weighted by Gasteiger charge is 2.18. The van der Waals surface area contributed by atoms with Crippen molar-refractivity contribution in [2.75, 3.05) is 23.8 Å². The van der Waals surface area contributed by atoms with Gasteiger partial charge in [-0.3, -0.25) is 0 Å². The first-order valence-electron chi connectivity index (χ1n) is 5.04. The zero-order valence-electron chi connectivity index (χ0n) is 9.52. The van der Waals surface area contributed by atoms with Crippen LogP contribution in [0.4, 0.5) is 10.1 Å². The fourth-order valence-electron chi connectivity index (χ4n) is 1.21. The summed E-state index contributed by atoms with van der Waals surface area (Å²) in [4.78, 5) is -0.246. The maximum Gasteiger partial charge on any atom is 0.242 e. The first kappa shape index (κ1) is 14.8. The largest absolute Gasteiger partial charge is 0.395 e. The van der Waals surface area contributed by atoms with E-state index in [0.717, 1.165) is 6.07 Å². The molecular formula is C11H13FN2O2S2. The van der Waals surface area contributed by atoms with Crippen LogP contribution in [0.2, 0.25) is 0 Å². The SMILES string of the molecule is C#CCSCCNS(=O)(=O)c1cccc(F)c1N. The number of benzene rings is 1. The zero-order valence-corrected chi connectivity index (χ0v) is 11.2. The molecule has 0 atom stereocenters. The van der Waals surface area contributed by atoms with Crippen LogP contribution in [0, 0.1) is 18.2 Å². The Morgan fingerprint density at radius 1 is 1.50 bits per heavy atom.